The van der Waals surface area contributed by atoms with Gasteiger partial charge in [0.15, 0.2) is 0 Å². The van der Waals surface area contributed by atoms with E-state index < -0.39 is 17.7 Å². The standard InChI is InChI=1S/C14H13FN2O3/c15-10-2-1-3-11-9(10)6-12(16-11)14(20)17(7-13(18)19)8-4-5-8/h1-3,6,8,16H,4-5,7H2,(H,18,19). The Balaban J connectivity index is 1.94. The Morgan fingerprint density at radius 3 is 2.75 bits per heavy atom. The molecule has 1 saturated carbocycles. The average molecular weight is 276 g/mol. The Kier molecular flexibility index (Phi) is 2.93. The first-order chi connectivity index (χ1) is 9.56. The average Bonchev–Trinajstić information content (AvgIpc) is 3.14. The molecule has 104 valence electrons. The van der Waals surface area contributed by atoms with E-state index in [0.717, 1.165) is 12.8 Å². The Hall–Kier alpha value is -2.37. The lowest BCUT2D eigenvalue weighted by Crippen LogP contribution is -2.37. The summed E-state index contributed by atoms with van der Waals surface area (Å²) in [6.45, 7) is -0.332. The van der Waals surface area contributed by atoms with Crippen LogP contribution < -0.4 is 0 Å². The van der Waals surface area contributed by atoms with Crippen LogP contribution in [-0.4, -0.2) is 39.5 Å². The SMILES string of the molecule is O=C(O)CN(C(=O)c1cc2c(F)cccc2[nH]1)C1CC1. The lowest BCUT2D eigenvalue weighted by molar-refractivity contribution is -0.137. The van der Waals surface area contributed by atoms with Crippen LogP contribution in [0.2, 0.25) is 0 Å². The van der Waals surface area contributed by atoms with Crippen LogP contribution in [0.5, 0.6) is 0 Å². The van der Waals surface area contributed by atoms with Gasteiger partial charge in [0.05, 0.1) is 0 Å². The van der Waals surface area contributed by atoms with Gasteiger partial charge in [-0.05, 0) is 31.0 Å². The third-order valence-electron chi connectivity index (χ3n) is 3.40. The van der Waals surface area contributed by atoms with Gasteiger partial charge in [0.2, 0.25) is 0 Å². The summed E-state index contributed by atoms with van der Waals surface area (Å²) in [5, 5.41) is 9.21. The van der Waals surface area contributed by atoms with E-state index in [9.17, 15) is 14.0 Å². The van der Waals surface area contributed by atoms with E-state index in [2.05, 4.69) is 4.98 Å². The monoisotopic (exact) mass is 276 g/mol. The molecule has 1 aromatic carbocycles. The summed E-state index contributed by atoms with van der Waals surface area (Å²) in [6.07, 6.45) is 1.63. The Morgan fingerprint density at radius 1 is 1.40 bits per heavy atom. The van der Waals surface area contributed by atoms with E-state index in [1.165, 1.54) is 17.0 Å². The number of carbonyl (C=O) groups is 2. The zero-order valence-corrected chi connectivity index (χ0v) is 10.6. The quantitative estimate of drug-likeness (QED) is 0.897. The molecule has 0 atom stereocenters. The third-order valence-corrected chi connectivity index (χ3v) is 3.40. The molecule has 1 heterocycles. The van der Waals surface area contributed by atoms with Crippen molar-refractivity contribution < 1.29 is 19.1 Å². The molecule has 0 unspecified atom stereocenters. The van der Waals surface area contributed by atoms with Crippen LogP contribution in [0.15, 0.2) is 24.3 Å². The second-order valence-corrected chi connectivity index (χ2v) is 4.94. The first-order valence-corrected chi connectivity index (χ1v) is 6.36. The van der Waals surface area contributed by atoms with Gasteiger partial charge in [0.25, 0.3) is 5.91 Å². The van der Waals surface area contributed by atoms with Crippen molar-refractivity contribution in [2.45, 2.75) is 18.9 Å². The molecule has 2 aromatic rings. The summed E-state index contributed by atoms with van der Waals surface area (Å²) in [7, 11) is 0. The molecule has 6 heteroatoms. The van der Waals surface area contributed by atoms with Crippen molar-refractivity contribution in [3.05, 3.63) is 35.8 Å². The molecule has 0 aliphatic heterocycles. The molecular formula is C14H13FN2O3. The minimum Gasteiger partial charge on any atom is -0.480 e. The fraction of sp³-hybridized carbons (Fsp3) is 0.286. The summed E-state index contributed by atoms with van der Waals surface area (Å²) < 4.78 is 13.6. The van der Waals surface area contributed by atoms with Gasteiger partial charge in [-0.3, -0.25) is 9.59 Å². The number of benzene rings is 1. The van der Waals surface area contributed by atoms with Gasteiger partial charge < -0.3 is 15.0 Å². The fourth-order valence-electron chi connectivity index (χ4n) is 2.29. The van der Waals surface area contributed by atoms with Crippen LogP contribution in [0, 0.1) is 5.82 Å². The van der Waals surface area contributed by atoms with Crippen LogP contribution in [-0.2, 0) is 4.79 Å². The van der Waals surface area contributed by atoms with E-state index in [1.54, 1.807) is 12.1 Å². The molecule has 2 N–H and O–H groups in total. The minimum atomic E-state index is -1.05. The molecule has 0 spiro atoms. The highest BCUT2D eigenvalue weighted by atomic mass is 19.1. The summed E-state index contributed by atoms with van der Waals surface area (Å²) in [5.41, 5.74) is 0.748. The lowest BCUT2D eigenvalue weighted by Gasteiger charge is -2.19. The van der Waals surface area contributed by atoms with Crippen molar-refractivity contribution in [1.29, 1.82) is 0 Å². The number of aliphatic carboxylic acids is 1. The smallest absolute Gasteiger partial charge is 0.323 e. The fourth-order valence-corrected chi connectivity index (χ4v) is 2.29. The number of carboxylic acid groups (broad SMARTS) is 1. The summed E-state index contributed by atoms with van der Waals surface area (Å²) in [6, 6.07) is 5.96. The van der Waals surface area contributed by atoms with Crippen molar-refractivity contribution in [3.63, 3.8) is 0 Å². The number of hydrogen-bond donors (Lipinski definition) is 2. The Labute approximate surface area is 114 Å². The van der Waals surface area contributed by atoms with Crippen molar-refractivity contribution in [3.8, 4) is 0 Å². The van der Waals surface area contributed by atoms with E-state index in [4.69, 9.17) is 5.11 Å². The van der Waals surface area contributed by atoms with Crippen LogP contribution in [0.25, 0.3) is 10.9 Å². The highest BCUT2D eigenvalue weighted by molar-refractivity contribution is 5.99. The molecule has 3 rings (SSSR count). The zero-order chi connectivity index (χ0) is 14.3. The molecule has 1 aliphatic rings. The predicted molar refractivity (Wildman–Crippen MR) is 70.0 cm³/mol. The van der Waals surface area contributed by atoms with Crippen LogP contribution in [0.1, 0.15) is 23.3 Å². The van der Waals surface area contributed by atoms with E-state index in [0.29, 0.717) is 10.9 Å². The molecule has 0 bridgehead atoms. The number of carbonyl (C=O) groups excluding carboxylic acids is 1. The molecule has 20 heavy (non-hydrogen) atoms. The number of rotatable bonds is 4. The number of halogens is 1. The molecule has 1 amide bonds. The second-order valence-electron chi connectivity index (χ2n) is 4.94. The molecule has 1 fully saturated rings. The van der Waals surface area contributed by atoms with Gasteiger partial charge in [-0.25, -0.2) is 4.39 Å². The van der Waals surface area contributed by atoms with E-state index in [1.807, 2.05) is 0 Å². The highest BCUT2D eigenvalue weighted by Crippen LogP contribution is 2.29. The summed E-state index contributed by atoms with van der Waals surface area (Å²) in [4.78, 5) is 27.4. The minimum absolute atomic E-state index is 0.0186. The topological polar surface area (TPSA) is 73.4 Å². The van der Waals surface area contributed by atoms with Gasteiger partial charge in [0, 0.05) is 16.9 Å². The molecule has 0 radical (unpaired) electrons. The zero-order valence-electron chi connectivity index (χ0n) is 10.6. The van der Waals surface area contributed by atoms with Gasteiger partial charge in [-0.15, -0.1) is 0 Å². The highest BCUT2D eigenvalue weighted by Gasteiger charge is 2.34. The maximum absolute atomic E-state index is 13.6. The number of hydrogen-bond acceptors (Lipinski definition) is 2. The Bertz CT molecular complexity index is 691. The number of aromatic amines is 1. The summed E-state index contributed by atoms with van der Waals surface area (Å²) in [5.74, 6) is -1.85. The molecule has 1 aromatic heterocycles. The van der Waals surface area contributed by atoms with Crippen molar-refractivity contribution in [2.24, 2.45) is 0 Å². The number of nitrogens with zero attached hydrogens (tertiary/aromatic N) is 1. The maximum atomic E-state index is 13.6. The van der Waals surface area contributed by atoms with Crippen LogP contribution >= 0.6 is 0 Å². The molecule has 0 saturated heterocycles. The van der Waals surface area contributed by atoms with Crippen LogP contribution in [0.4, 0.5) is 4.39 Å². The molecular weight excluding hydrogens is 263 g/mol. The Morgan fingerprint density at radius 2 is 2.15 bits per heavy atom. The normalized spacial score (nSPS) is 14.4. The second kappa shape index (κ2) is 4.63. The number of nitrogens with one attached hydrogen (secondary N) is 1. The van der Waals surface area contributed by atoms with Crippen molar-refractivity contribution >= 4 is 22.8 Å². The number of fused-ring (bicyclic) bond motifs is 1. The first-order valence-electron chi connectivity index (χ1n) is 6.36. The number of aromatic nitrogens is 1. The van der Waals surface area contributed by atoms with Gasteiger partial charge in [-0.1, -0.05) is 6.07 Å². The van der Waals surface area contributed by atoms with Gasteiger partial charge >= 0.3 is 5.97 Å². The number of carboxylic acids is 1. The van der Waals surface area contributed by atoms with E-state index in [-0.39, 0.29) is 18.3 Å². The predicted octanol–water partition coefficient (Wildman–Crippen LogP) is 2.00. The number of H-pyrrole nitrogens is 1. The third kappa shape index (κ3) is 2.24. The summed E-state index contributed by atoms with van der Waals surface area (Å²) >= 11 is 0. The maximum Gasteiger partial charge on any atom is 0.323 e. The number of amides is 1. The van der Waals surface area contributed by atoms with Gasteiger partial charge in [0.1, 0.15) is 18.1 Å². The van der Waals surface area contributed by atoms with Crippen LogP contribution in [0.3, 0.4) is 0 Å². The van der Waals surface area contributed by atoms with Crippen molar-refractivity contribution in [2.75, 3.05) is 6.54 Å². The van der Waals surface area contributed by atoms with Crippen molar-refractivity contribution in [1.82, 2.24) is 9.88 Å². The van der Waals surface area contributed by atoms with E-state index >= 15 is 0 Å². The molecule has 5 nitrogen and oxygen atoms in total. The molecule has 1 aliphatic carbocycles. The first kappa shape index (κ1) is 12.7. The van der Waals surface area contributed by atoms with Gasteiger partial charge in [-0.2, -0.15) is 0 Å². The lowest BCUT2D eigenvalue weighted by atomic mass is 10.2. The largest absolute Gasteiger partial charge is 0.480 e.